The van der Waals surface area contributed by atoms with E-state index < -0.39 is 40.9 Å². The maximum atomic E-state index is 13.1. The van der Waals surface area contributed by atoms with Gasteiger partial charge >= 0.3 is 23.9 Å². The highest BCUT2D eigenvalue weighted by molar-refractivity contribution is 6.09. The number of hydrogen-bond donors (Lipinski definition) is 3. The second-order valence-electron chi connectivity index (χ2n) is 7.24. The van der Waals surface area contributed by atoms with E-state index in [1.54, 1.807) is 0 Å². The summed E-state index contributed by atoms with van der Waals surface area (Å²) in [5, 5.41) is 13.9. The van der Waals surface area contributed by atoms with Gasteiger partial charge in [-0.25, -0.2) is 4.79 Å². The maximum absolute atomic E-state index is 13.1. The Kier molecular flexibility index (Phi) is 7.33. The summed E-state index contributed by atoms with van der Waals surface area (Å²) in [5.74, 6) is -5.26. The molecular formula is C23H19N3O10. The van der Waals surface area contributed by atoms with Crippen molar-refractivity contribution >= 4 is 35.5 Å². The molecule has 2 aromatic carbocycles. The number of aromatic nitrogens is 2. The first-order valence-corrected chi connectivity index (χ1v) is 10.1. The van der Waals surface area contributed by atoms with Crippen LogP contribution in [-0.4, -0.2) is 44.7 Å². The topological polar surface area (TPSA) is 183 Å². The van der Waals surface area contributed by atoms with E-state index in [4.69, 9.17) is 19.3 Å². The number of aromatic carboxylic acids is 1. The lowest BCUT2D eigenvalue weighted by Gasteiger charge is -2.15. The minimum absolute atomic E-state index is 0.127. The molecule has 0 radical (unpaired) electrons. The van der Waals surface area contributed by atoms with Gasteiger partial charge in [-0.1, -0.05) is 0 Å². The van der Waals surface area contributed by atoms with Crippen molar-refractivity contribution in [1.82, 2.24) is 9.78 Å². The molecular weight excluding hydrogens is 478 g/mol. The molecule has 36 heavy (non-hydrogen) atoms. The molecule has 3 aromatic rings. The van der Waals surface area contributed by atoms with Crippen molar-refractivity contribution in [2.45, 2.75) is 20.8 Å². The van der Waals surface area contributed by atoms with E-state index in [9.17, 15) is 28.8 Å². The first-order chi connectivity index (χ1) is 16.9. The van der Waals surface area contributed by atoms with Crippen molar-refractivity contribution in [3.05, 3.63) is 64.1 Å². The van der Waals surface area contributed by atoms with Gasteiger partial charge in [-0.05, 0) is 24.3 Å². The third kappa shape index (κ3) is 6.02. The molecule has 0 fully saturated rings. The van der Waals surface area contributed by atoms with Gasteiger partial charge in [0.1, 0.15) is 16.9 Å². The first-order valence-electron chi connectivity index (χ1n) is 10.1. The molecule has 13 heteroatoms. The molecule has 0 saturated carbocycles. The quantitative estimate of drug-likeness (QED) is 0.322. The number of esters is 3. The zero-order chi connectivity index (χ0) is 26.6. The molecule has 3 N–H and O–H groups in total. The van der Waals surface area contributed by atoms with Crippen molar-refractivity contribution in [1.29, 1.82) is 0 Å². The van der Waals surface area contributed by atoms with E-state index in [1.165, 1.54) is 28.9 Å². The smallest absolute Gasteiger partial charge is 0.342 e. The zero-order valence-electron chi connectivity index (χ0n) is 19.1. The second kappa shape index (κ2) is 10.4. The molecule has 0 unspecified atom stereocenters. The number of benzene rings is 2. The van der Waals surface area contributed by atoms with Crippen LogP contribution in [0.15, 0.2) is 47.4 Å². The summed E-state index contributed by atoms with van der Waals surface area (Å²) in [6, 6.07) is 8.13. The number of aromatic amines is 1. The van der Waals surface area contributed by atoms with Crippen LogP contribution in [0.5, 0.6) is 17.2 Å². The molecule has 1 aromatic heterocycles. The fourth-order valence-electron chi connectivity index (χ4n) is 3.07. The summed E-state index contributed by atoms with van der Waals surface area (Å²) in [4.78, 5) is 70.5. The van der Waals surface area contributed by atoms with E-state index in [-0.39, 0.29) is 28.5 Å². The molecule has 0 aliphatic rings. The van der Waals surface area contributed by atoms with Crippen molar-refractivity contribution in [3.8, 4) is 22.9 Å². The molecule has 1 heterocycles. The Labute approximate surface area is 202 Å². The number of carbonyl (C=O) groups excluding carboxylic acids is 4. The van der Waals surface area contributed by atoms with Gasteiger partial charge in [0.2, 0.25) is 0 Å². The second-order valence-corrected chi connectivity index (χ2v) is 7.24. The van der Waals surface area contributed by atoms with Gasteiger partial charge < -0.3 is 24.6 Å². The minimum Gasteiger partial charge on any atom is -0.477 e. The first kappa shape index (κ1) is 25.4. The largest absolute Gasteiger partial charge is 0.477 e. The molecule has 1 amide bonds. The highest BCUT2D eigenvalue weighted by atomic mass is 16.6. The number of H-pyrrole nitrogens is 1. The third-order valence-corrected chi connectivity index (χ3v) is 4.39. The van der Waals surface area contributed by atoms with Crippen LogP contribution in [0.2, 0.25) is 0 Å². The molecule has 0 aliphatic carbocycles. The van der Waals surface area contributed by atoms with Gasteiger partial charge in [0.25, 0.3) is 11.5 Å². The molecule has 13 nitrogen and oxygen atoms in total. The summed E-state index contributed by atoms with van der Waals surface area (Å²) in [6.45, 7) is 3.31. The number of nitrogens with one attached hydrogen (secondary N) is 2. The molecule has 0 atom stereocenters. The normalized spacial score (nSPS) is 10.3. The molecule has 0 bridgehead atoms. The molecule has 3 rings (SSSR count). The number of carboxylic acid groups (broad SMARTS) is 1. The standard InChI is InChI=1S/C23H19N3O10/c1-11(27)34-16-8-18(35-12(2)28)20(19(9-16)36-13(3)29)22(31)24-14-4-6-15(7-5-14)26-10-17(23(32)33)21(30)25-26/h4-10H,1-3H3,(H,24,31)(H,25,30)(H,32,33). The lowest BCUT2D eigenvalue weighted by atomic mass is 10.1. The van der Waals surface area contributed by atoms with Gasteiger partial charge in [0, 0.05) is 44.8 Å². The Morgan fingerprint density at radius 1 is 0.861 bits per heavy atom. The highest BCUT2D eigenvalue weighted by Gasteiger charge is 2.24. The number of nitrogens with zero attached hydrogens (tertiary/aromatic N) is 1. The lowest BCUT2D eigenvalue weighted by molar-refractivity contribution is -0.132. The number of ether oxygens (including phenoxy) is 3. The Bertz CT molecular complexity index is 1400. The third-order valence-electron chi connectivity index (χ3n) is 4.39. The van der Waals surface area contributed by atoms with Gasteiger partial charge in [0.15, 0.2) is 11.5 Å². The van der Waals surface area contributed by atoms with E-state index in [2.05, 4.69) is 10.4 Å². The summed E-state index contributed by atoms with van der Waals surface area (Å²) in [6.07, 6.45) is 1.11. The van der Waals surface area contributed by atoms with E-state index in [0.29, 0.717) is 5.69 Å². The van der Waals surface area contributed by atoms with Crippen LogP contribution in [0.1, 0.15) is 41.5 Å². The number of rotatable bonds is 7. The number of carbonyl (C=O) groups is 5. The zero-order valence-corrected chi connectivity index (χ0v) is 19.1. The van der Waals surface area contributed by atoms with Gasteiger partial charge in [-0.15, -0.1) is 0 Å². The minimum atomic E-state index is -1.38. The van der Waals surface area contributed by atoms with Gasteiger partial charge in [-0.2, -0.15) is 0 Å². The summed E-state index contributed by atoms with van der Waals surface area (Å²) in [5.41, 5.74) is -0.900. The number of anilines is 1. The number of carboxylic acids is 1. The number of hydrogen-bond acceptors (Lipinski definition) is 9. The van der Waals surface area contributed by atoms with E-state index in [0.717, 1.165) is 39.1 Å². The van der Waals surface area contributed by atoms with Crippen LogP contribution in [0, 0.1) is 0 Å². The Hall–Kier alpha value is -5.20. The van der Waals surface area contributed by atoms with E-state index >= 15 is 0 Å². The molecule has 0 spiro atoms. The highest BCUT2D eigenvalue weighted by Crippen LogP contribution is 2.35. The predicted molar refractivity (Wildman–Crippen MR) is 122 cm³/mol. The molecule has 186 valence electrons. The molecule has 0 saturated heterocycles. The van der Waals surface area contributed by atoms with Crippen LogP contribution < -0.4 is 25.1 Å². The average molecular weight is 497 g/mol. The summed E-state index contributed by atoms with van der Waals surface area (Å²) >= 11 is 0. The lowest BCUT2D eigenvalue weighted by Crippen LogP contribution is -2.18. The SMILES string of the molecule is CC(=O)Oc1cc(OC(C)=O)c(C(=O)Nc2ccc(-n3cc(C(=O)O)c(=O)[nH]3)cc2)c(OC(C)=O)c1. The number of amides is 1. The van der Waals surface area contributed by atoms with Crippen LogP contribution >= 0.6 is 0 Å². The van der Waals surface area contributed by atoms with Crippen LogP contribution in [-0.2, 0) is 14.4 Å². The Balaban J connectivity index is 1.95. The average Bonchev–Trinajstić information content (AvgIpc) is 3.14. The van der Waals surface area contributed by atoms with Crippen LogP contribution in [0.4, 0.5) is 5.69 Å². The monoisotopic (exact) mass is 497 g/mol. The van der Waals surface area contributed by atoms with Crippen molar-refractivity contribution in [2.24, 2.45) is 0 Å². The van der Waals surface area contributed by atoms with Crippen LogP contribution in [0.25, 0.3) is 5.69 Å². The maximum Gasteiger partial charge on any atom is 0.342 e. The van der Waals surface area contributed by atoms with Gasteiger partial charge in [0.05, 0.1) is 5.69 Å². The Morgan fingerprint density at radius 3 is 1.83 bits per heavy atom. The van der Waals surface area contributed by atoms with Crippen molar-refractivity contribution < 1.29 is 43.3 Å². The molecule has 0 aliphatic heterocycles. The fraction of sp³-hybridized carbons (Fsp3) is 0.130. The Morgan fingerprint density at radius 2 is 1.39 bits per heavy atom. The van der Waals surface area contributed by atoms with Crippen molar-refractivity contribution in [3.63, 3.8) is 0 Å². The van der Waals surface area contributed by atoms with Gasteiger partial charge in [-0.3, -0.25) is 33.8 Å². The predicted octanol–water partition coefficient (Wildman–Crippen LogP) is 1.89. The fourth-order valence-corrected chi connectivity index (χ4v) is 3.07. The summed E-state index contributed by atoms with van der Waals surface area (Å²) in [7, 11) is 0. The van der Waals surface area contributed by atoms with Crippen LogP contribution in [0.3, 0.4) is 0 Å². The summed E-state index contributed by atoms with van der Waals surface area (Å²) < 4.78 is 16.4. The van der Waals surface area contributed by atoms with E-state index in [1.807, 2.05) is 0 Å². The van der Waals surface area contributed by atoms with Crippen molar-refractivity contribution in [2.75, 3.05) is 5.32 Å².